The van der Waals surface area contributed by atoms with Gasteiger partial charge in [0.2, 0.25) is 5.91 Å². The van der Waals surface area contributed by atoms with Crippen molar-refractivity contribution in [2.45, 2.75) is 19.3 Å². The molecule has 1 heterocycles. The highest BCUT2D eigenvalue weighted by molar-refractivity contribution is 5.93. The van der Waals surface area contributed by atoms with Gasteiger partial charge in [0, 0.05) is 29.3 Å². The van der Waals surface area contributed by atoms with E-state index in [-0.39, 0.29) is 42.6 Å². The predicted molar refractivity (Wildman–Crippen MR) is 114 cm³/mol. The van der Waals surface area contributed by atoms with E-state index in [1.807, 2.05) is 0 Å². The number of fused-ring (bicyclic) bond motifs is 1. The Bertz CT molecular complexity index is 955. The van der Waals surface area contributed by atoms with Crippen LogP contribution in [0.1, 0.15) is 19.3 Å². The summed E-state index contributed by atoms with van der Waals surface area (Å²) in [5, 5.41) is 2.94. The summed E-state index contributed by atoms with van der Waals surface area (Å²) in [7, 11) is 0. The molecular formula is C20H22Cl2F2N4O. The average Bonchev–Trinajstić information content (AvgIpc) is 3.29. The second-order valence-electron chi connectivity index (χ2n) is 6.97. The van der Waals surface area contributed by atoms with Crippen LogP contribution >= 0.6 is 24.8 Å². The van der Waals surface area contributed by atoms with Crippen molar-refractivity contribution in [3.8, 4) is 11.4 Å². The Labute approximate surface area is 179 Å². The first-order chi connectivity index (χ1) is 13.0. The van der Waals surface area contributed by atoms with Crippen LogP contribution < -0.4 is 11.1 Å². The fourth-order valence-electron chi connectivity index (χ4n) is 3.75. The van der Waals surface area contributed by atoms with Gasteiger partial charge in [0.25, 0.3) is 0 Å². The molecule has 3 aromatic rings. The number of nitrogens with two attached hydrogens (primary N) is 1. The number of H-pyrrole nitrogens is 1. The zero-order valence-electron chi connectivity index (χ0n) is 15.5. The van der Waals surface area contributed by atoms with Gasteiger partial charge in [0.05, 0.1) is 11.0 Å². The maximum absolute atomic E-state index is 13.3. The van der Waals surface area contributed by atoms with Gasteiger partial charge in [-0.2, -0.15) is 0 Å². The molecule has 2 aromatic carbocycles. The van der Waals surface area contributed by atoms with Gasteiger partial charge >= 0.3 is 0 Å². The minimum absolute atomic E-state index is 0. The second-order valence-corrected chi connectivity index (χ2v) is 6.97. The Morgan fingerprint density at radius 1 is 1.14 bits per heavy atom. The molecule has 156 valence electrons. The summed E-state index contributed by atoms with van der Waals surface area (Å²) in [6.07, 6.45) is 2.91. The van der Waals surface area contributed by atoms with Gasteiger partial charge in [0.15, 0.2) is 11.6 Å². The number of imidazole rings is 1. The number of amides is 1. The van der Waals surface area contributed by atoms with Crippen molar-refractivity contribution < 1.29 is 13.6 Å². The number of carbonyl (C=O) groups excluding carboxylic acids is 1. The van der Waals surface area contributed by atoms with Crippen LogP contribution in [0.5, 0.6) is 0 Å². The molecular weight excluding hydrogens is 421 g/mol. The predicted octanol–water partition coefficient (Wildman–Crippen LogP) is 4.67. The lowest BCUT2D eigenvalue weighted by atomic mass is 9.95. The highest BCUT2D eigenvalue weighted by Crippen LogP contribution is 2.32. The highest BCUT2D eigenvalue weighted by Gasteiger charge is 2.31. The molecule has 1 fully saturated rings. The molecule has 4 rings (SSSR count). The largest absolute Gasteiger partial charge is 0.338 e. The summed E-state index contributed by atoms with van der Waals surface area (Å²) < 4.78 is 26.7. The van der Waals surface area contributed by atoms with E-state index in [4.69, 9.17) is 5.73 Å². The lowest BCUT2D eigenvalue weighted by Gasteiger charge is -2.17. The molecule has 0 spiro atoms. The van der Waals surface area contributed by atoms with Gasteiger partial charge in [0.1, 0.15) is 5.82 Å². The van der Waals surface area contributed by atoms with Crippen LogP contribution in [-0.2, 0) is 4.79 Å². The molecule has 0 unspecified atom stereocenters. The number of hydrogen-bond acceptors (Lipinski definition) is 3. The summed E-state index contributed by atoms with van der Waals surface area (Å²) in [5.41, 5.74) is 7.99. The minimum atomic E-state index is -0.929. The SMILES string of the molecule is Cl.Cl.NC[C@H]1CCC[C@H]1C(=O)Nc1ccc(-c2nc3cc(F)c(F)cc3[nH]2)cc1. The van der Waals surface area contributed by atoms with Gasteiger partial charge < -0.3 is 16.0 Å². The second kappa shape index (κ2) is 9.52. The molecule has 0 radical (unpaired) electrons. The van der Waals surface area contributed by atoms with E-state index in [2.05, 4.69) is 15.3 Å². The van der Waals surface area contributed by atoms with Crippen LogP contribution in [0.4, 0.5) is 14.5 Å². The van der Waals surface area contributed by atoms with Crippen molar-refractivity contribution in [2.24, 2.45) is 17.6 Å². The molecule has 1 saturated carbocycles. The molecule has 4 N–H and O–H groups in total. The van der Waals surface area contributed by atoms with Crippen molar-refractivity contribution in [1.29, 1.82) is 0 Å². The van der Waals surface area contributed by atoms with Gasteiger partial charge in [-0.15, -0.1) is 24.8 Å². The van der Waals surface area contributed by atoms with Crippen LogP contribution in [0.2, 0.25) is 0 Å². The quantitative estimate of drug-likeness (QED) is 0.548. The first-order valence-corrected chi connectivity index (χ1v) is 9.01. The molecule has 1 aliphatic rings. The molecule has 2 atom stereocenters. The fraction of sp³-hybridized carbons (Fsp3) is 0.300. The first kappa shape index (κ1) is 23.1. The van der Waals surface area contributed by atoms with E-state index in [1.165, 1.54) is 0 Å². The van der Waals surface area contributed by atoms with Gasteiger partial charge in [-0.25, -0.2) is 13.8 Å². The Morgan fingerprint density at radius 3 is 2.52 bits per heavy atom. The maximum Gasteiger partial charge on any atom is 0.227 e. The van der Waals surface area contributed by atoms with Crippen LogP contribution in [-0.4, -0.2) is 22.4 Å². The Hall–Kier alpha value is -2.22. The lowest BCUT2D eigenvalue weighted by Crippen LogP contribution is -2.29. The molecule has 0 aliphatic heterocycles. The normalized spacial score (nSPS) is 18.2. The minimum Gasteiger partial charge on any atom is -0.338 e. The summed E-state index contributed by atoms with van der Waals surface area (Å²) >= 11 is 0. The molecule has 1 aliphatic carbocycles. The van der Waals surface area contributed by atoms with Crippen molar-refractivity contribution >= 4 is 47.4 Å². The van der Waals surface area contributed by atoms with Crippen LogP contribution in [0.15, 0.2) is 36.4 Å². The first-order valence-electron chi connectivity index (χ1n) is 9.01. The van der Waals surface area contributed by atoms with E-state index in [0.717, 1.165) is 37.0 Å². The molecule has 0 bridgehead atoms. The smallest absolute Gasteiger partial charge is 0.227 e. The van der Waals surface area contributed by atoms with E-state index in [1.54, 1.807) is 24.3 Å². The number of hydrogen-bond donors (Lipinski definition) is 3. The molecule has 1 amide bonds. The molecule has 0 saturated heterocycles. The van der Waals surface area contributed by atoms with E-state index in [9.17, 15) is 13.6 Å². The number of aromatic amines is 1. The fourth-order valence-corrected chi connectivity index (χ4v) is 3.75. The number of carbonyl (C=O) groups is 1. The van der Waals surface area contributed by atoms with Crippen molar-refractivity contribution in [3.05, 3.63) is 48.0 Å². The zero-order chi connectivity index (χ0) is 19.0. The van der Waals surface area contributed by atoms with Gasteiger partial charge in [-0.3, -0.25) is 4.79 Å². The van der Waals surface area contributed by atoms with Crippen LogP contribution in [0.25, 0.3) is 22.4 Å². The van der Waals surface area contributed by atoms with Gasteiger partial charge in [-0.1, -0.05) is 6.42 Å². The molecule has 9 heteroatoms. The number of halogens is 4. The van der Waals surface area contributed by atoms with Crippen LogP contribution in [0.3, 0.4) is 0 Å². The van der Waals surface area contributed by atoms with E-state index in [0.29, 0.717) is 29.1 Å². The third kappa shape index (κ3) is 4.69. The summed E-state index contributed by atoms with van der Waals surface area (Å²) in [6, 6.07) is 9.33. The third-order valence-electron chi connectivity index (χ3n) is 5.25. The van der Waals surface area contributed by atoms with Crippen LogP contribution in [0, 0.1) is 23.5 Å². The van der Waals surface area contributed by atoms with Crippen molar-refractivity contribution in [1.82, 2.24) is 9.97 Å². The molecule has 5 nitrogen and oxygen atoms in total. The van der Waals surface area contributed by atoms with Gasteiger partial charge in [-0.05, 0) is 49.6 Å². The van der Waals surface area contributed by atoms with Crippen molar-refractivity contribution in [2.75, 3.05) is 11.9 Å². The standard InChI is InChI=1S/C20H20F2N4O.2ClH/c21-15-8-17-18(9-16(15)22)26-19(25-17)11-4-6-13(7-5-11)24-20(27)14-3-1-2-12(14)10-23;;/h4-9,12,14H,1-3,10,23H2,(H,24,27)(H,25,26);2*1H/t12-,14-;;/m1../s1. The molecule has 1 aromatic heterocycles. The summed E-state index contributed by atoms with van der Waals surface area (Å²) in [5.74, 6) is -1.12. The topological polar surface area (TPSA) is 83.8 Å². The monoisotopic (exact) mass is 442 g/mol. The number of rotatable bonds is 4. The highest BCUT2D eigenvalue weighted by atomic mass is 35.5. The Kier molecular flexibility index (Phi) is 7.57. The molecule has 29 heavy (non-hydrogen) atoms. The summed E-state index contributed by atoms with van der Waals surface area (Å²) in [4.78, 5) is 19.7. The van der Waals surface area contributed by atoms with Crippen molar-refractivity contribution in [3.63, 3.8) is 0 Å². The number of benzene rings is 2. The number of nitrogens with one attached hydrogen (secondary N) is 2. The lowest BCUT2D eigenvalue weighted by molar-refractivity contribution is -0.120. The number of anilines is 1. The average molecular weight is 443 g/mol. The Morgan fingerprint density at radius 2 is 1.83 bits per heavy atom. The third-order valence-corrected chi connectivity index (χ3v) is 5.25. The Balaban J connectivity index is 0.00000150. The summed E-state index contributed by atoms with van der Waals surface area (Å²) in [6.45, 7) is 0.532. The number of nitrogens with zero attached hydrogens (tertiary/aromatic N) is 1. The van der Waals surface area contributed by atoms with E-state index >= 15 is 0 Å². The number of aromatic nitrogens is 2. The zero-order valence-corrected chi connectivity index (χ0v) is 17.1. The maximum atomic E-state index is 13.3. The van der Waals surface area contributed by atoms with E-state index < -0.39 is 11.6 Å².